The fraction of sp³-hybridized carbons (Fsp3) is 0.438. The second-order valence-corrected chi connectivity index (χ2v) is 5.36. The molecule has 114 valence electrons. The molecule has 1 unspecified atom stereocenters. The van der Waals surface area contributed by atoms with E-state index in [-0.39, 0.29) is 23.9 Å². The van der Waals surface area contributed by atoms with Crippen molar-refractivity contribution >= 4 is 11.6 Å². The fourth-order valence-corrected chi connectivity index (χ4v) is 2.62. The zero-order valence-electron chi connectivity index (χ0n) is 12.2. The molecule has 4 nitrogen and oxygen atoms in total. The van der Waals surface area contributed by atoms with Gasteiger partial charge in [-0.25, -0.2) is 4.39 Å². The van der Waals surface area contributed by atoms with Crippen molar-refractivity contribution in [3.8, 4) is 0 Å². The SMILES string of the molecule is C=CC(=O)NC(C)c1cc(F)ccc1N1CCC(O)CC1. The molecular weight excluding hydrogens is 271 g/mol. The number of benzene rings is 1. The molecule has 2 rings (SSSR count). The van der Waals surface area contributed by atoms with Gasteiger partial charge < -0.3 is 15.3 Å². The highest BCUT2D eigenvalue weighted by atomic mass is 19.1. The lowest BCUT2D eigenvalue weighted by atomic mass is 10.0. The minimum atomic E-state index is -0.328. The summed E-state index contributed by atoms with van der Waals surface area (Å²) in [6.07, 6.45) is 2.34. The number of aliphatic hydroxyl groups is 1. The molecule has 0 aliphatic carbocycles. The molecule has 1 atom stereocenters. The number of carbonyl (C=O) groups excluding carboxylic acids is 1. The highest BCUT2D eigenvalue weighted by Crippen LogP contribution is 2.29. The van der Waals surface area contributed by atoms with E-state index in [2.05, 4.69) is 16.8 Å². The van der Waals surface area contributed by atoms with Crippen molar-refractivity contribution in [2.45, 2.75) is 31.9 Å². The normalized spacial score (nSPS) is 17.4. The smallest absolute Gasteiger partial charge is 0.243 e. The molecule has 0 spiro atoms. The van der Waals surface area contributed by atoms with Crippen LogP contribution in [0.5, 0.6) is 0 Å². The Morgan fingerprint density at radius 1 is 1.52 bits per heavy atom. The highest BCUT2D eigenvalue weighted by Gasteiger charge is 2.22. The third-order valence-electron chi connectivity index (χ3n) is 3.81. The first-order chi connectivity index (χ1) is 10.0. The van der Waals surface area contributed by atoms with Crippen LogP contribution < -0.4 is 10.2 Å². The second kappa shape index (κ2) is 6.72. The van der Waals surface area contributed by atoms with Crippen molar-refractivity contribution in [1.29, 1.82) is 0 Å². The van der Waals surface area contributed by atoms with Gasteiger partial charge in [0.1, 0.15) is 5.82 Å². The molecule has 1 amide bonds. The van der Waals surface area contributed by atoms with E-state index in [4.69, 9.17) is 0 Å². The first kappa shape index (κ1) is 15.5. The van der Waals surface area contributed by atoms with Gasteiger partial charge >= 0.3 is 0 Å². The molecule has 2 N–H and O–H groups in total. The molecule has 1 aromatic rings. The van der Waals surface area contributed by atoms with Gasteiger partial charge in [-0.3, -0.25) is 4.79 Å². The van der Waals surface area contributed by atoms with Crippen molar-refractivity contribution in [3.63, 3.8) is 0 Å². The van der Waals surface area contributed by atoms with E-state index >= 15 is 0 Å². The van der Waals surface area contributed by atoms with Crippen LogP contribution in [0.15, 0.2) is 30.9 Å². The number of rotatable bonds is 4. The Morgan fingerprint density at radius 2 is 2.19 bits per heavy atom. The number of carbonyl (C=O) groups is 1. The van der Waals surface area contributed by atoms with Crippen LogP contribution in [0.1, 0.15) is 31.4 Å². The van der Waals surface area contributed by atoms with Gasteiger partial charge in [0.15, 0.2) is 0 Å². The number of amides is 1. The summed E-state index contributed by atoms with van der Waals surface area (Å²) in [6.45, 7) is 6.69. The Morgan fingerprint density at radius 3 is 2.81 bits per heavy atom. The Hall–Kier alpha value is -1.88. The molecule has 1 aromatic carbocycles. The maximum Gasteiger partial charge on any atom is 0.243 e. The van der Waals surface area contributed by atoms with Gasteiger partial charge in [-0.2, -0.15) is 0 Å². The van der Waals surface area contributed by atoms with Crippen LogP contribution in [0.3, 0.4) is 0 Å². The van der Waals surface area contributed by atoms with Gasteiger partial charge in [0.05, 0.1) is 12.1 Å². The lowest BCUT2D eigenvalue weighted by Crippen LogP contribution is -2.37. The van der Waals surface area contributed by atoms with E-state index in [0.717, 1.165) is 24.3 Å². The average Bonchev–Trinajstić information content (AvgIpc) is 2.48. The Labute approximate surface area is 124 Å². The topological polar surface area (TPSA) is 52.6 Å². The molecule has 0 radical (unpaired) electrons. The van der Waals surface area contributed by atoms with Crippen molar-refractivity contribution in [1.82, 2.24) is 5.32 Å². The Kier molecular flexibility index (Phi) is 4.96. The molecule has 21 heavy (non-hydrogen) atoms. The number of aliphatic hydroxyl groups excluding tert-OH is 1. The lowest BCUT2D eigenvalue weighted by Gasteiger charge is -2.34. The number of halogens is 1. The second-order valence-electron chi connectivity index (χ2n) is 5.36. The average molecular weight is 292 g/mol. The van der Waals surface area contributed by atoms with E-state index in [1.54, 1.807) is 6.07 Å². The van der Waals surface area contributed by atoms with Crippen molar-refractivity contribution < 1.29 is 14.3 Å². The standard InChI is InChI=1S/C16H21FN2O2/c1-3-16(21)18-11(2)14-10-12(17)4-5-15(14)19-8-6-13(20)7-9-19/h3-5,10-11,13,20H,1,6-9H2,2H3,(H,18,21). The summed E-state index contributed by atoms with van der Waals surface area (Å²) >= 11 is 0. The van der Waals surface area contributed by atoms with Gasteiger partial charge in [0.2, 0.25) is 5.91 Å². The summed E-state index contributed by atoms with van der Waals surface area (Å²) in [7, 11) is 0. The van der Waals surface area contributed by atoms with E-state index < -0.39 is 0 Å². The summed E-state index contributed by atoms with van der Waals surface area (Å²) in [5.74, 6) is -0.614. The third-order valence-corrected chi connectivity index (χ3v) is 3.81. The zero-order chi connectivity index (χ0) is 15.4. The van der Waals surface area contributed by atoms with Crippen molar-refractivity contribution in [2.24, 2.45) is 0 Å². The summed E-state index contributed by atoms with van der Waals surface area (Å²) in [4.78, 5) is 13.6. The molecular formula is C16H21FN2O2. The summed E-state index contributed by atoms with van der Waals surface area (Å²) in [6, 6.07) is 4.30. The molecule has 1 fully saturated rings. The maximum atomic E-state index is 13.6. The fourth-order valence-electron chi connectivity index (χ4n) is 2.62. The molecule has 5 heteroatoms. The van der Waals surface area contributed by atoms with E-state index in [9.17, 15) is 14.3 Å². The largest absolute Gasteiger partial charge is 0.393 e. The molecule has 1 heterocycles. The van der Waals surface area contributed by atoms with Crippen LogP contribution in [-0.4, -0.2) is 30.2 Å². The Balaban J connectivity index is 2.24. The predicted octanol–water partition coefficient (Wildman–Crippen LogP) is 2.15. The molecule has 0 aromatic heterocycles. The first-order valence-corrected chi connectivity index (χ1v) is 7.16. The minimum absolute atomic E-state index is 0.261. The quantitative estimate of drug-likeness (QED) is 0.836. The number of nitrogens with zero attached hydrogens (tertiary/aromatic N) is 1. The number of anilines is 1. The van der Waals surface area contributed by atoms with Crippen molar-refractivity contribution in [3.05, 3.63) is 42.2 Å². The highest BCUT2D eigenvalue weighted by molar-refractivity contribution is 5.87. The number of piperidine rings is 1. The van der Waals surface area contributed by atoms with Gasteiger partial charge in [-0.05, 0) is 44.0 Å². The van der Waals surface area contributed by atoms with E-state index in [1.165, 1.54) is 18.2 Å². The maximum absolute atomic E-state index is 13.6. The zero-order valence-corrected chi connectivity index (χ0v) is 12.2. The van der Waals surface area contributed by atoms with Crippen LogP contribution in [-0.2, 0) is 4.79 Å². The molecule has 1 aliphatic rings. The first-order valence-electron chi connectivity index (χ1n) is 7.16. The van der Waals surface area contributed by atoms with Crippen LogP contribution in [0.4, 0.5) is 10.1 Å². The van der Waals surface area contributed by atoms with Gasteiger partial charge in [-0.15, -0.1) is 0 Å². The lowest BCUT2D eigenvalue weighted by molar-refractivity contribution is -0.117. The van der Waals surface area contributed by atoms with Crippen LogP contribution in [0.25, 0.3) is 0 Å². The van der Waals surface area contributed by atoms with Gasteiger partial charge in [-0.1, -0.05) is 6.58 Å². The molecule has 0 saturated carbocycles. The van der Waals surface area contributed by atoms with Crippen LogP contribution >= 0.6 is 0 Å². The molecule has 0 bridgehead atoms. The van der Waals surface area contributed by atoms with Gasteiger partial charge in [0.25, 0.3) is 0 Å². The number of hydrogen-bond donors (Lipinski definition) is 2. The summed E-state index contributed by atoms with van der Waals surface area (Å²) < 4.78 is 13.6. The molecule has 1 aliphatic heterocycles. The number of hydrogen-bond acceptors (Lipinski definition) is 3. The number of nitrogens with one attached hydrogen (secondary N) is 1. The van der Waals surface area contributed by atoms with Crippen molar-refractivity contribution in [2.75, 3.05) is 18.0 Å². The predicted molar refractivity (Wildman–Crippen MR) is 80.6 cm³/mol. The summed E-state index contributed by atoms with van der Waals surface area (Å²) in [5, 5.41) is 12.4. The summed E-state index contributed by atoms with van der Waals surface area (Å²) in [5.41, 5.74) is 1.64. The monoisotopic (exact) mass is 292 g/mol. The Bertz CT molecular complexity index is 525. The van der Waals surface area contributed by atoms with E-state index in [1.807, 2.05) is 6.92 Å². The van der Waals surface area contributed by atoms with E-state index in [0.29, 0.717) is 12.8 Å². The van der Waals surface area contributed by atoms with Crippen LogP contribution in [0.2, 0.25) is 0 Å². The third kappa shape index (κ3) is 3.82. The minimum Gasteiger partial charge on any atom is -0.393 e. The van der Waals surface area contributed by atoms with Crippen LogP contribution in [0, 0.1) is 5.82 Å². The van der Waals surface area contributed by atoms with Gasteiger partial charge in [0, 0.05) is 24.3 Å². The molecule has 1 saturated heterocycles.